The van der Waals surface area contributed by atoms with Crippen molar-refractivity contribution >= 4 is 27.7 Å². The predicted octanol–water partition coefficient (Wildman–Crippen LogP) is 2.60. The maximum absolute atomic E-state index is 11.9. The Bertz CT molecular complexity index is 689. The summed E-state index contributed by atoms with van der Waals surface area (Å²) in [6, 6.07) is 14.3. The van der Waals surface area contributed by atoms with Crippen LogP contribution in [0.1, 0.15) is 15.9 Å². The van der Waals surface area contributed by atoms with Gasteiger partial charge in [0.2, 0.25) is 0 Å². The van der Waals surface area contributed by atoms with E-state index in [4.69, 9.17) is 4.74 Å². The summed E-state index contributed by atoms with van der Waals surface area (Å²) in [6.07, 6.45) is 0. The third-order valence-electron chi connectivity index (χ3n) is 2.87. The van der Waals surface area contributed by atoms with Crippen LogP contribution in [0.2, 0.25) is 0 Å². The second-order valence-corrected chi connectivity index (χ2v) is 5.48. The maximum Gasteiger partial charge on any atom is 0.276 e. The summed E-state index contributed by atoms with van der Waals surface area (Å²) in [7, 11) is 0. The zero-order valence-corrected chi connectivity index (χ0v) is 13.5. The van der Waals surface area contributed by atoms with Crippen LogP contribution in [0.25, 0.3) is 0 Å². The molecule has 2 aromatic carbocycles. The average Bonchev–Trinajstić information content (AvgIpc) is 2.51. The monoisotopic (exact) mass is 362 g/mol. The Morgan fingerprint density at radius 2 is 1.86 bits per heavy atom. The fourth-order valence-corrected chi connectivity index (χ4v) is 2.14. The van der Waals surface area contributed by atoms with Crippen molar-refractivity contribution in [2.75, 3.05) is 6.61 Å². The van der Waals surface area contributed by atoms with Crippen LogP contribution in [0, 0.1) is 6.92 Å². The van der Waals surface area contributed by atoms with E-state index in [0.29, 0.717) is 11.3 Å². The molecule has 0 unspecified atom stereocenters. The van der Waals surface area contributed by atoms with E-state index in [2.05, 4.69) is 26.8 Å². The van der Waals surface area contributed by atoms with Gasteiger partial charge in [-0.15, -0.1) is 0 Å². The summed E-state index contributed by atoms with van der Waals surface area (Å²) in [4.78, 5) is 23.6. The minimum atomic E-state index is -0.443. The predicted molar refractivity (Wildman–Crippen MR) is 86.4 cm³/mol. The van der Waals surface area contributed by atoms with Crippen molar-refractivity contribution in [2.45, 2.75) is 6.92 Å². The summed E-state index contributed by atoms with van der Waals surface area (Å²) in [5, 5.41) is 0. The Hall–Kier alpha value is -2.34. The number of hydrazine groups is 1. The van der Waals surface area contributed by atoms with Crippen molar-refractivity contribution < 1.29 is 14.3 Å². The number of carbonyl (C=O) groups is 2. The first-order valence-corrected chi connectivity index (χ1v) is 7.39. The van der Waals surface area contributed by atoms with Gasteiger partial charge in [0.25, 0.3) is 11.8 Å². The van der Waals surface area contributed by atoms with E-state index in [0.717, 1.165) is 10.0 Å². The maximum atomic E-state index is 11.9. The number of amides is 2. The van der Waals surface area contributed by atoms with Crippen molar-refractivity contribution in [2.24, 2.45) is 0 Å². The van der Waals surface area contributed by atoms with Crippen LogP contribution >= 0.6 is 15.9 Å². The van der Waals surface area contributed by atoms with Gasteiger partial charge in [0.05, 0.1) is 0 Å². The molecule has 0 aliphatic rings. The lowest BCUT2D eigenvalue weighted by Gasteiger charge is -2.10. The number of ether oxygens (including phenoxy) is 1. The fraction of sp³-hybridized carbons (Fsp3) is 0.125. The third kappa shape index (κ3) is 4.60. The third-order valence-corrected chi connectivity index (χ3v) is 3.36. The van der Waals surface area contributed by atoms with Gasteiger partial charge in [0, 0.05) is 10.0 Å². The number of hydrogen-bond donors (Lipinski definition) is 2. The summed E-state index contributed by atoms with van der Waals surface area (Å²) in [6.45, 7) is 1.64. The largest absolute Gasteiger partial charge is 0.484 e. The normalized spacial score (nSPS) is 9.91. The van der Waals surface area contributed by atoms with Gasteiger partial charge in [-0.05, 0) is 36.8 Å². The summed E-state index contributed by atoms with van der Waals surface area (Å²) >= 11 is 3.31. The highest BCUT2D eigenvalue weighted by molar-refractivity contribution is 9.10. The van der Waals surface area contributed by atoms with Crippen LogP contribution in [0.3, 0.4) is 0 Å². The fourth-order valence-electron chi connectivity index (χ4n) is 1.76. The molecule has 22 heavy (non-hydrogen) atoms. The smallest absolute Gasteiger partial charge is 0.276 e. The molecular weight excluding hydrogens is 348 g/mol. The highest BCUT2D eigenvalue weighted by Crippen LogP contribution is 2.17. The molecule has 0 spiro atoms. The second kappa shape index (κ2) is 7.61. The number of hydrogen-bond acceptors (Lipinski definition) is 3. The Morgan fingerprint density at radius 1 is 1.09 bits per heavy atom. The van der Waals surface area contributed by atoms with Gasteiger partial charge in [-0.2, -0.15) is 0 Å². The molecule has 0 saturated heterocycles. The molecule has 0 heterocycles. The molecule has 0 aromatic heterocycles. The molecule has 2 rings (SSSR count). The van der Waals surface area contributed by atoms with Crippen molar-refractivity contribution in [3.63, 3.8) is 0 Å². The van der Waals surface area contributed by atoms with Gasteiger partial charge in [-0.3, -0.25) is 20.4 Å². The topological polar surface area (TPSA) is 67.4 Å². The van der Waals surface area contributed by atoms with E-state index in [1.54, 1.807) is 30.3 Å². The molecule has 2 amide bonds. The van der Waals surface area contributed by atoms with Crippen LogP contribution in [-0.4, -0.2) is 18.4 Å². The molecule has 0 bridgehead atoms. The van der Waals surface area contributed by atoms with Crippen molar-refractivity contribution in [1.29, 1.82) is 0 Å². The number of carbonyl (C=O) groups excluding carboxylic acids is 2. The lowest BCUT2D eigenvalue weighted by atomic mass is 10.1. The minimum Gasteiger partial charge on any atom is -0.484 e. The summed E-state index contributed by atoms with van der Waals surface area (Å²) < 4.78 is 6.18. The molecule has 0 saturated carbocycles. The second-order valence-electron chi connectivity index (χ2n) is 4.56. The van der Waals surface area contributed by atoms with Crippen LogP contribution in [0.4, 0.5) is 0 Å². The molecule has 5 nitrogen and oxygen atoms in total. The number of halogens is 1. The zero-order valence-electron chi connectivity index (χ0n) is 11.9. The Morgan fingerprint density at radius 3 is 2.59 bits per heavy atom. The van der Waals surface area contributed by atoms with Gasteiger partial charge in [0.15, 0.2) is 6.61 Å². The van der Waals surface area contributed by atoms with E-state index in [-0.39, 0.29) is 12.5 Å². The lowest BCUT2D eigenvalue weighted by Crippen LogP contribution is -2.44. The van der Waals surface area contributed by atoms with Crippen molar-refractivity contribution in [3.05, 3.63) is 64.1 Å². The quantitative estimate of drug-likeness (QED) is 0.821. The van der Waals surface area contributed by atoms with Gasteiger partial charge in [0.1, 0.15) is 5.75 Å². The van der Waals surface area contributed by atoms with E-state index in [1.165, 1.54) is 0 Å². The van der Waals surface area contributed by atoms with Crippen molar-refractivity contribution in [3.8, 4) is 5.75 Å². The van der Waals surface area contributed by atoms with E-state index < -0.39 is 5.91 Å². The van der Waals surface area contributed by atoms with Crippen LogP contribution in [0.5, 0.6) is 5.75 Å². The SMILES string of the molecule is Cc1ccccc1C(=O)NNC(=O)COc1cccc(Br)c1. The number of nitrogens with one attached hydrogen (secondary N) is 2. The number of benzene rings is 2. The van der Waals surface area contributed by atoms with Crippen LogP contribution in [-0.2, 0) is 4.79 Å². The lowest BCUT2D eigenvalue weighted by molar-refractivity contribution is -0.123. The molecule has 114 valence electrons. The zero-order chi connectivity index (χ0) is 15.9. The van der Waals surface area contributed by atoms with E-state index in [1.807, 2.05) is 25.1 Å². The minimum absolute atomic E-state index is 0.190. The Labute approximate surface area is 136 Å². The molecule has 0 fully saturated rings. The highest BCUT2D eigenvalue weighted by Gasteiger charge is 2.09. The Kier molecular flexibility index (Phi) is 5.55. The van der Waals surface area contributed by atoms with Crippen molar-refractivity contribution in [1.82, 2.24) is 10.9 Å². The summed E-state index contributed by atoms with van der Waals surface area (Å²) in [5.74, 6) is -0.245. The standard InChI is InChI=1S/C16H15BrN2O3/c1-11-5-2-3-8-14(11)16(21)19-18-15(20)10-22-13-7-4-6-12(17)9-13/h2-9H,10H2,1H3,(H,18,20)(H,19,21). The molecule has 0 atom stereocenters. The summed E-state index contributed by atoms with van der Waals surface area (Å²) in [5.41, 5.74) is 6.02. The first-order valence-electron chi connectivity index (χ1n) is 6.59. The van der Waals surface area contributed by atoms with E-state index >= 15 is 0 Å². The molecule has 0 aliphatic carbocycles. The number of rotatable bonds is 4. The van der Waals surface area contributed by atoms with E-state index in [9.17, 15) is 9.59 Å². The molecule has 0 radical (unpaired) electrons. The highest BCUT2D eigenvalue weighted by atomic mass is 79.9. The Balaban J connectivity index is 1.81. The average molecular weight is 363 g/mol. The first-order chi connectivity index (χ1) is 10.6. The number of aryl methyl sites for hydroxylation is 1. The molecule has 0 aliphatic heterocycles. The molecule has 6 heteroatoms. The molecular formula is C16H15BrN2O3. The molecule has 2 aromatic rings. The van der Waals surface area contributed by atoms with Crippen LogP contribution < -0.4 is 15.6 Å². The van der Waals surface area contributed by atoms with Gasteiger partial charge in [-0.1, -0.05) is 40.2 Å². The first kappa shape index (κ1) is 16.0. The van der Waals surface area contributed by atoms with Gasteiger partial charge >= 0.3 is 0 Å². The van der Waals surface area contributed by atoms with Gasteiger partial charge in [-0.25, -0.2) is 0 Å². The van der Waals surface area contributed by atoms with Crippen LogP contribution in [0.15, 0.2) is 53.0 Å². The van der Waals surface area contributed by atoms with Gasteiger partial charge < -0.3 is 4.74 Å². The molecule has 2 N–H and O–H groups in total.